The van der Waals surface area contributed by atoms with E-state index < -0.39 is 16.9 Å². The highest BCUT2D eigenvalue weighted by Gasteiger charge is 2.67. The van der Waals surface area contributed by atoms with E-state index in [1.165, 1.54) is 4.90 Å². The van der Waals surface area contributed by atoms with Gasteiger partial charge in [-0.2, -0.15) is 5.26 Å². The molecule has 0 saturated heterocycles. The van der Waals surface area contributed by atoms with Crippen LogP contribution >= 0.6 is 0 Å². The maximum atomic E-state index is 14.1. The number of carbonyl (C=O) groups is 1. The third-order valence-electron chi connectivity index (χ3n) is 7.94. The van der Waals surface area contributed by atoms with Crippen molar-refractivity contribution >= 4 is 11.9 Å². The Bertz CT molecular complexity index is 1010. The predicted molar refractivity (Wildman–Crippen MR) is 112 cm³/mol. The van der Waals surface area contributed by atoms with Crippen LogP contribution in [-0.4, -0.2) is 29.2 Å². The molecule has 2 spiro atoms. The Morgan fingerprint density at radius 3 is 2.52 bits per heavy atom. The molecule has 4 aliphatic rings. The fourth-order valence-electron chi connectivity index (χ4n) is 7.07. The Kier molecular flexibility index (Phi) is 4.28. The first-order valence-corrected chi connectivity index (χ1v) is 11.2. The lowest BCUT2D eigenvalue weighted by Gasteiger charge is -2.48. The molecule has 3 unspecified atom stereocenters. The van der Waals surface area contributed by atoms with Gasteiger partial charge < -0.3 is 5.73 Å². The first kappa shape index (κ1) is 20.4. The minimum atomic E-state index is -2.64. The minimum absolute atomic E-state index is 0.126. The van der Waals surface area contributed by atoms with Crippen molar-refractivity contribution in [3.8, 4) is 6.07 Å². The number of fused-ring (bicyclic) bond motifs is 3. The lowest BCUT2D eigenvalue weighted by molar-refractivity contribution is -0.144. The summed E-state index contributed by atoms with van der Waals surface area (Å²) in [6.45, 7) is 4.62. The molecule has 31 heavy (non-hydrogen) atoms. The van der Waals surface area contributed by atoms with Gasteiger partial charge in [0.05, 0.1) is 11.6 Å². The molecule has 3 aliphatic carbocycles. The number of nitriles is 1. The molecule has 1 heterocycles. The quantitative estimate of drug-likeness (QED) is 0.777. The SMILES string of the molecule is CC1CC(C)CC2(Cc3ccc(C#N)cc3C23N=C(N)N(CC2CC(F)(F)C2)C3=O)C1. The van der Waals surface area contributed by atoms with Crippen LogP contribution < -0.4 is 5.73 Å². The number of rotatable bonds is 2. The molecule has 0 radical (unpaired) electrons. The highest BCUT2D eigenvalue weighted by Crippen LogP contribution is 2.63. The third kappa shape index (κ3) is 2.83. The van der Waals surface area contributed by atoms with Gasteiger partial charge in [-0.3, -0.25) is 9.69 Å². The van der Waals surface area contributed by atoms with Crippen LogP contribution in [0.4, 0.5) is 8.78 Å². The van der Waals surface area contributed by atoms with Crippen molar-refractivity contribution < 1.29 is 13.6 Å². The van der Waals surface area contributed by atoms with Crippen LogP contribution in [0.15, 0.2) is 23.2 Å². The van der Waals surface area contributed by atoms with E-state index in [-0.39, 0.29) is 37.2 Å². The normalized spacial score (nSPS) is 36.4. The Hall–Kier alpha value is -2.49. The van der Waals surface area contributed by atoms with E-state index in [9.17, 15) is 18.8 Å². The number of guanidine groups is 1. The van der Waals surface area contributed by atoms with E-state index in [1.54, 1.807) is 12.1 Å². The van der Waals surface area contributed by atoms with Crippen molar-refractivity contribution in [2.75, 3.05) is 6.54 Å². The predicted octanol–water partition coefficient (Wildman–Crippen LogP) is 3.95. The van der Waals surface area contributed by atoms with Crippen molar-refractivity contribution in [2.45, 2.75) is 63.8 Å². The summed E-state index contributed by atoms with van der Waals surface area (Å²) in [5.74, 6) is -2.11. The number of nitrogens with two attached hydrogens (primary N) is 1. The van der Waals surface area contributed by atoms with Gasteiger partial charge in [-0.1, -0.05) is 19.9 Å². The van der Waals surface area contributed by atoms with Gasteiger partial charge in [0.25, 0.3) is 5.91 Å². The second kappa shape index (κ2) is 6.51. The lowest BCUT2D eigenvalue weighted by Crippen LogP contribution is -2.54. The van der Waals surface area contributed by atoms with Crippen molar-refractivity contribution in [3.63, 3.8) is 0 Å². The number of halogens is 2. The molecule has 2 fully saturated rings. The zero-order valence-corrected chi connectivity index (χ0v) is 18.0. The van der Waals surface area contributed by atoms with E-state index in [0.29, 0.717) is 17.4 Å². The number of nitrogens with zero attached hydrogens (tertiary/aromatic N) is 3. The van der Waals surface area contributed by atoms with Gasteiger partial charge in [0, 0.05) is 24.8 Å². The van der Waals surface area contributed by atoms with Crippen LogP contribution in [0.1, 0.15) is 62.6 Å². The van der Waals surface area contributed by atoms with Gasteiger partial charge in [0.1, 0.15) is 0 Å². The summed E-state index contributed by atoms with van der Waals surface area (Å²) in [4.78, 5) is 20.4. The lowest BCUT2D eigenvalue weighted by atomic mass is 9.57. The molecule has 164 valence electrons. The van der Waals surface area contributed by atoms with Gasteiger partial charge in [0.15, 0.2) is 11.5 Å². The number of alkyl halides is 2. The zero-order valence-electron chi connectivity index (χ0n) is 18.0. The fourth-order valence-corrected chi connectivity index (χ4v) is 7.07. The van der Waals surface area contributed by atoms with Crippen LogP contribution in [0, 0.1) is 34.5 Å². The van der Waals surface area contributed by atoms with Crippen molar-refractivity contribution in [2.24, 2.45) is 33.9 Å². The van der Waals surface area contributed by atoms with E-state index in [1.807, 2.05) is 6.07 Å². The molecule has 0 aromatic heterocycles. The second-order valence-corrected chi connectivity index (χ2v) is 10.5. The number of hydrogen-bond donors (Lipinski definition) is 1. The van der Waals surface area contributed by atoms with Gasteiger partial charge in [-0.25, -0.2) is 13.8 Å². The van der Waals surface area contributed by atoms with E-state index in [2.05, 4.69) is 19.9 Å². The van der Waals surface area contributed by atoms with Crippen LogP contribution in [0.5, 0.6) is 0 Å². The summed E-state index contributed by atoms with van der Waals surface area (Å²) in [6.07, 6.45) is 3.10. The molecular formula is C24H28F2N4O. The largest absolute Gasteiger partial charge is 0.369 e. The highest BCUT2D eigenvalue weighted by molar-refractivity contribution is 6.08. The first-order chi connectivity index (χ1) is 14.6. The maximum absolute atomic E-state index is 14.1. The van der Waals surface area contributed by atoms with Crippen molar-refractivity contribution in [1.29, 1.82) is 5.26 Å². The summed E-state index contributed by atoms with van der Waals surface area (Å²) >= 11 is 0. The second-order valence-electron chi connectivity index (χ2n) is 10.5. The van der Waals surface area contributed by atoms with Gasteiger partial charge in [0.2, 0.25) is 5.92 Å². The topological polar surface area (TPSA) is 82.5 Å². The summed E-state index contributed by atoms with van der Waals surface area (Å²) in [5, 5.41) is 9.49. The van der Waals surface area contributed by atoms with Gasteiger partial charge in [-0.15, -0.1) is 0 Å². The molecule has 1 aromatic carbocycles. The molecule has 1 amide bonds. The Balaban J connectivity index is 1.60. The summed E-state index contributed by atoms with van der Waals surface area (Å²) in [6, 6.07) is 7.72. The third-order valence-corrected chi connectivity index (χ3v) is 7.94. The van der Waals surface area contributed by atoms with E-state index in [4.69, 9.17) is 10.7 Å². The number of aliphatic imine (C=N–C) groups is 1. The molecule has 0 bridgehead atoms. The number of carbonyl (C=O) groups excluding carboxylic acids is 1. The Morgan fingerprint density at radius 1 is 1.23 bits per heavy atom. The van der Waals surface area contributed by atoms with Crippen molar-refractivity contribution in [3.05, 3.63) is 34.9 Å². The monoisotopic (exact) mass is 426 g/mol. The molecule has 7 heteroatoms. The van der Waals surface area contributed by atoms with Crippen molar-refractivity contribution in [1.82, 2.24) is 4.90 Å². The minimum Gasteiger partial charge on any atom is -0.369 e. The molecule has 5 nitrogen and oxygen atoms in total. The molecule has 5 rings (SSSR count). The maximum Gasteiger partial charge on any atom is 0.262 e. The molecule has 2 N–H and O–H groups in total. The molecule has 1 aliphatic heterocycles. The highest BCUT2D eigenvalue weighted by atomic mass is 19.3. The van der Waals surface area contributed by atoms with Crippen LogP contribution in [0.25, 0.3) is 0 Å². The Labute approximate surface area is 181 Å². The molecule has 2 saturated carbocycles. The van der Waals surface area contributed by atoms with Crippen LogP contribution in [0.3, 0.4) is 0 Å². The first-order valence-electron chi connectivity index (χ1n) is 11.2. The number of amides is 1. The fraction of sp³-hybridized carbons (Fsp3) is 0.625. The molecule has 3 atom stereocenters. The average Bonchev–Trinajstić information content (AvgIpc) is 3.06. The van der Waals surface area contributed by atoms with Gasteiger partial charge in [-0.05, 0) is 66.7 Å². The standard InChI is InChI=1S/C24H28F2N4O/c1-14-5-15(2)8-22(7-14)11-18-4-3-16(12-27)6-19(18)24(22)20(31)30(21(28)29-24)13-17-9-23(25,26)10-17/h3-4,6,14-15,17H,5,7-11,13H2,1-2H3,(H2,28,29). The Morgan fingerprint density at radius 2 is 1.90 bits per heavy atom. The summed E-state index contributed by atoms with van der Waals surface area (Å²) in [5.41, 5.74) is 7.06. The van der Waals surface area contributed by atoms with Gasteiger partial charge >= 0.3 is 0 Å². The molecule has 1 aromatic rings. The molecular weight excluding hydrogens is 398 g/mol. The summed E-state index contributed by atoms with van der Waals surface area (Å²) < 4.78 is 26.8. The smallest absolute Gasteiger partial charge is 0.262 e. The number of hydrogen-bond acceptors (Lipinski definition) is 4. The van der Waals surface area contributed by atoms with E-state index >= 15 is 0 Å². The summed E-state index contributed by atoms with van der Waals surface area (Å²) in [7, 11) is 0. The van der Waals surface area contributed by atoms with Crippen LogP contribution in [-0.2, 0) is 16.8 Å². The zero-order chi connectivity index (χ0) is 22.2. The number of benzene rings is 1. The van der Waals surface area contributed by atoms with Crippen LogP contribution in [0.2, 0.25) is 0 Å². The van der Waals surface area contributed by atoms with E-state index in [0.717, 1.165) is 36.8 Å². The average molecular weight is 427 g/mol.